The summed E-state index contributed by atoms with van der Waals surface area (Å²) in [6, 6.07) is 13.6. The molecule has 5 rings (SSSR count). The zero-order valence-electron chi connectivity index (χ0n) is 22.0. The Balaban J connectivity index is 0.000000508. The summed E-state index contributed by atoms with van der Waals surface area (Å²) in [4.78, 5) is 39.0. The van der Waals surface area contributed by atoms with Crippen molar-refractivity contribution in [3.8, 4) is 28.7 Å². The number of carboxylic acids is 1. The molecule has 1 saturated heterocycles. The van der Waals surface area contributed by atoms with Crippen LogP contribution in [0.5, 0.6) is 11.5 Å². The number of carboxylic acid groups (broad SMARTS) is 1. The number of nitrogens with zero attached hydrogens (tertiary/aromatic N) is 2. The molecule has 0 saturated carbocycles. The summed E-state index contributed by atoms with van der Waals surface area (Å²) in [6.45, 7) is 3.06. The molecule has 2 aliphatic heterocycles. The molecule has 3 amide bonds. The van der Waals surface area contributed by atoms with E-state index < -0.39 is 24.1 Å². The largest absolute Gasteiger partial charge is 0.481 e. The monoisotopic (exact) mass is 534 g/mol. The van der Waals surface area contributed by atoms with Crippen molar-refractivity contribution in [3.63, 3.8) is 0 Å². The summed E-state index contributed by atoms with van der Waals surface area (Å²) in [5.74, 6) is -0.243. The zero-order valence-corrected chi connectivity index (χ0v) is 22.0. The number of ether oxygens (including phenoxy) is 2. The molecule has 10 nitrogen and oxygen atoms in total. The van der Waals surface area contributed by atoms with Gasteiger partial charge in [-0.1, -0.05) is 50.1 Å². The average Bonchev–Trinajstić information content (AvgIpc) is 3.40. The second kappa shape index (κ2) is 13.0. The molecule has 0 radical (unpaired) electrons. The lowest BCUT2D eigenvalue weighted by Gasteiger charge is -2.32. The highest BCUT2D eigenvalue weighted by atomic mass is 16.7. The van der Waals surface area contributed by atoms with Gasteiger partial charge in [0.2, 0.25) is 12.7 Å². The second-order valence-electron chi connectivity index (χ2n) is 9.88. The van der Waals surface area contributed by atoms with E-state index in [1.807, 2.05) is 6.92 Å². The molecule has 10 heteroatoms. The lowest BCUT2D eigenvalue weighted by Crippen LogP contribution is -2.53. The number of nitrogens with one attached hydrogen (secondary N) is 2. The number of fused-ring (bicyclic) bond motifs is 2. The Morgan fingerprint density at radius 3 is 2.28 bits per heavy atom. The maximum atomic E-state index is 13.1. The number of hydrogen-bond acceptors (Lipinski definition) is 6. The van der Waals surface area contributed by atoms with E-state index >= 15 is 0 Å². The third-order valence-electron chi connectivity index (χ3n) is 7.14. The second-order valence-corrected chi connectivity index (χ2v) is 9.88. The van der Waals surface area contributed by atoms with Gasteiger partial charge in [0.1, 0.15) is 6.04 Å². The highest BCUT2D eigenvalue weighted by Gasteiger charge is 2.30. The van der Waals surface area contributed by atoms with Gasteiger partial charge in [-0.05, 0) is 48.1 Å². The Morgan fingerprint density at radius 2 is 1.72 bits per heavy atom. The van der Waals surface area contributed by atoms with Crippen molar-refractivity contribution in [2.24, 2.45) is 5.92 Å². The first-order valence-electron chi connectivity index (χ1n) is 13.3. The van der Waals surface area contributed by atoms with E-state index in [0.717, 1.165) is 12.8 Å². The molecule has 0 spiro atoms. The number of carbonyl (C=O) groups excluding carboxylic acids is 2. The number of rotatable bonds is 9. The number of aliphatic carboxylic acids is 1. The SMILES string of the molecule is CCCC[C@H](NC(=O)N[C@@H](CC(=O)O)c1ccc2c(c1)OCO2)C(=O)N1CCC(C#N)CC1.c1cc2ccc1-2. The first-order chi connectivity index (χ1) is 18.9. The standard InChI is InChI=1S/C23H30N4O6.C6H4/c1-2-3-4-17(22(30)27-9-7-15(13-24)8-10-27)25-23(31)26-18(12-21(28)29)16-5-6-19-20(11-16)33-14-32-19;1-2-6-4-3-5(1)6/h5-6,11,15,17-18H,2-4,7-10,12,14H2,1H3,(H,28,29)(H2,25,26,31);1-4H/t17-,18-;/m0./s1. The summed E-state index contributed by atoms with van der Waals surface area (Å²) in [6.07, 6.45) is 3.02. The Morgan fingerprint density at radius 1 is 1.05 bits per heavy atom. The fourth-order valence-electron chi connectivity index (χ4n) is 4.69. The molecular weight excluding hydrogens is 500 g/mol. The molecule has 39 heavy (non-hydrogen) atoms. The predicted octanol–water partition coefficient (Wildman–Crippen LogP) is 4.22. The van der Waals surface area contributed by atoms with E-state index in [4.69, 9.17) is 14.7 Å². The average molecular weight is 535 g/mol. The Kier molecular flexibility index (Phi) is 9.26. The predicted molar refractivity (Wildman–Crippen MR) is 143 cm³/mol. The number of carbonyl (C=O) groups is 3. The van der Waals surface area contributed by atoms with Crippen molar-refractivity contribution in [1.29, 1.82) is 5.26 Å². The molecule has 0 aromatic heterocycles. The van der Waals surface area contributed by atoms with E-state index in [1.165, 1.54) is 11.1 Å². The highest BCUT2D eigenvalue weighted by Crippen LogP contribution is 2.35. The van der Waals surface area contributed by atoms with Crippen LogP contribution in [-0.4, -0.2) is 53.8 Å². The van der Waals surface area contributed by atoms with Crippen LogP contribution in [-0.2, 0) is 9.59 Å². The highest BCUT2D eigenvalue weighted by molar-refractivity contribution is 5.87. The molecule has 1 aromatic rings. The van der Waals surface area contributed by atoms with Crippen molar-refractivity contribution in [1.82, 2.24) is 15.5 Å². The van der Waals surface area contributed by atoms with Gasteiger partial charge in [-0.3, -0.25) is 9.59 Å². The number of urea groups is 1. The summed E-state index contributed by atoms with van der Waals surface area (Å²) in [7, 11) is 0. The van der Waals surface area contributed by atoms with Gasteiger partial charge >= 0.3 is 12.0 Å². The number of likely N-dealkylation sites (tertiary alicyclic amines) is 1. The van der Waals surface area contributed by atoms with Gasteiger partial charge in [0.05, 0.1) is 18.5 Å². The zero-order chi connectivity index (χ0) is 27.8. The maximum Gasteiger partial charge on any atom is 0.315 e. The van der Waals surface area contributed by atoms with Crippen LogP contribution in [0.15, 0.2) is 42.5 Å². The van der Waals surface area contributed by atoms with Gasteiger partial charge in [0.25, 0.3) is 0 Å². The van der Waals surface area contributed by atoms with Crippen molar-refractivity contribution in [3.05, 3.63) is 48.0 Å². The van der Waals surface area contributed by atoms with Crippen LogP contribution >= 0.6 is 0 Å². The fraction of sp³-hybridized carbons (Fsp3) is 0.448. The molecule has 0 bridgehead atoms. The Bertz CT molecular complexity index is 1200. The van der Waals surface area contributed by atoms with Gasteiger partial charge < -0.3 is 30.1 Å². The van der Waals surface area contributed by atoms with Crippen molar-refractivity contribution >= 4 is 17.9 Å². The van der Waals surface area contributed by atoms with E-state index in [0.29, 0.717) is 49.4 Å². The first kappa shape index (κ1) is 27.8. The van der Waals surface area contributed by atoms with Crippen LogP contribution in [0.4, 0.5) is 4.79 Å². The minimum Gasteiger partial charge on any atom is -0.481 e. The molecule has 2 aliphatic carbocycles. The lowest BCUT2D eigenvalue weighted by atomic mass is 9.95. The summed E-state index contributed by atoms with van der Waals surface area (Å²) in [5.41, 5.74) is 3.41. The maximum absolute atomic E-state index is 13.1. The molecule has 4 aliphatic rings. The molecule has 3 N–H and O–H groups in total. The normalized spacial score (nSPS) is 16.2. The molecule has 2 atom stereocenters. The molecule has 1 aromatic carbocycles. The third kappa shape index (κ3) is 7.19. The van der Waals surface area contributed by atoms with Crippen molar-refractivity contribution in [2.45, 2.75) is 57.5 Å². The fourth-order valence-corrected chi connectivity index (χ4v) is 4.69. The number of nitriles is 1. The molecular formula is C29H34N4O6. The van der Waals surface area contributed by atoms with Crippen LogP contribution in [0.1, 0.15) is 57.1 Å². The topological polar surface area (TPSA) is 141 Å². The summed E-state index contributed by atoms with van der Waals surface area (Å²) in [5, 5.41) is 23.9. The molecule has 1 fully saturated rings. The van der Waals surface area contributed by atoms with E-state index in [9.17, 15) is 19.5 Å². The summed E-state index contributed by atoms with van der Waals surface area (Å²) >= 11 is 0. The minimum atomic E-state index is -1.07. The molecule has 206 valence electrons. The van der Waals surface area contributed by atoms with Crippen LogP contribution < -0.4 is 20.1 Å². The Hall–Kier alpha value is -4.26. The van der Waals surface area contributed by atoms with Gasteiger partial charge in [0.15, 0.2) is 11.5 Å². The van der Waals surface area contributed by atoms with Gasteiger partial charge in [-0.15, -0.1) is 0 Å². The first-order valence-corrected chi connectivity index (χ1v) is 13.3. The van der Waals surface area contributed by atoms with Crippen LogP contribution in [0.2, 0.25) is 0 Å². The quantitative estimate of drug-likeness (QED) is 0.373. The van der Waals surface area contributed by atoms with Crippen LogP contribution in [0.3, 0.4) is 0 Å². The van der Waals surface area contributed by atoms with Crippen molar-refractivity contribution in [2.75, 3.05) is 19.9 Å². The Labute approximate surface area is 227 Å². The lowest BCUT2D eigenvalue weighted by molar-refractivity contribution is -0.137. The van der Waals surface area contributed by atoms with E-state index in [-0.39, 0.29) is 25.0 Å². The number of unbranched alkanes of at least 4 members (excludes halogenated alkanes) is 1. The van der Waals surface area contributed by atoms with Crippen molar-refractivity contribution < 1.29 is 29.0 Å². The van der Waals surface area contributed by atoms with E-state index in [2.05, 4.69) is 41.0 Å². The number of hydrogen-bond donors (Lipinski definition) is 3. The number of piperidine rings is 1. The molecule has 0 unspecified atom stereocenters. The van der Waals surface area contributed by atoms with Gasteiger partial charge in [0, 0.05) is 19.0 Å². The summed E-state index contributed by atoms with van der Waals surface area (Å²) < 4.78 is 10.6. The number of amides is 3. The van der Waals surface area contributed by atoms with Gasteiger partial charge in [-0.25, -0.2) is 4.79 Å². The minimum absolute atomic E-state index is 0.0436. The molecule has 2 heterocycles. The van der Waals surface area contributed by atoms with Crippen LogP contribution in [0, 0.1) is 17.2 Å². The van der Waals surface area contributed by atoms with E-state index in [1.54, 1.807) is 23.1 Å². The van der Waals surface area contributed by atoms with Gasteiger partial charge in [-0.2, -0.15) is 5.26 Å². The smallest absolute Gasteiger partial charge is 0.315 e. The van der Waals surface area contributed by atoms with Crippen LogP contribution in [0.25, 0.3) is 11.1 Å². The number of benzene rings is 2. The third-order valence-corrected chi connectivity index (χ3v) is 7.14.